The number of aryl methyl sites for hydroxylation is 1. The van der Waals surface area contributed by atoms with Crippen LogP contribution in [0.5, 0.6) is 0 Å². The number of nitrogens with zero attached hydrogens (tertiary/aromatic N) is 1. The second-order valence-corrected chi connectivity index (χ2v) is 4.76. The first-order valence-corrected chi connectivity index (χ1v) is 5.87. The van der Waals surface area contributed by atoms with Gasteiger partial charge < -0.3 is 11.1 Å². The van der Waals surface area contributed by atoms with Crippen molar-refractivity contribution in [2.24, 2.45) is 5.73 Å². The molecular weight excluding hydrogens is 210 g/mol. The minimum Gasteiger partial charge on any atom is -0.347 e. The van der Waals surface area contributed by atoms with E-state index in [1.165, 1.54) is 0 Å². The molecule has 1 atom stereocenters. The number of rotatable bonds is 5. The third kappa shape index (κ3) is 3.97. The fraction of sp³-hybridized carbons (Fsp3) is 0.600. The van der Waals surface area contributed by atoms with Crippen LogP contribution in [-0.2, 0) is 4.79 Å². The Hall–Kier alpha value is -0.940. The summed E-state index contributed by atoms with van der Waals surface area (Å²) in [5.74, 6) is 0.0424. The Labute approximate surface area is 93.9 Å². The van der Waals surface area contributed by atoms with E-state index >= 15 is 0 Å². The molecule has 1 heterocycles. The highest BCUT2D eigenvalue weighted by atomic mass is 32.1. The van der Waals surface area contributed by atoms with Gasteiger partial charge in [-0.15, -0.1) is 11.3 Å². The molecule has 0 aliphatic heterocycles. The zero-order chi connectivity index (χ0) is 11.3. The van der Waals surface area contributed by atoms with E-state index in [2.05, 4.69) is 10.3 Å². The van der Waals surface area contributed by atoms with Crippen LogP contribution in [0.15, 0.2) is 6.20 Å². The van der Waals surface area contributed by atoms with E-state index in [0.29, 0.717) is 13.0 Å². The average Bonchev–Trinajstić information content (AvgIpc) is 2.61. The summed E-state index contributed by atoms with van der Waals surface area (Å²) in [5.41, 5.74) is 5.33. The molecule has 0 saturated heterocycles. The highest BCUT2D eigenvalue weighted by Crippen LogP contribution is 2.18. The molecule has 1 aromatic rings. The number of aromatic nitrogens is 1. The van der Waals surface area contributed by atoms with Gasteiger partial charge in [0.15, 0.2) is 0 Å². The van der Waals surface area contributed by atoms with Crippen LogP contribution in [0.4, 0.5) is 0 Å². The molecule has 0 aliphatic rings. The zero-order valence-electron chi connectivity index (χ0n) is 9.12. The second-order valence-electron chi connectivity index (χ2n) is 3.49. The molecule has 0 saturated carbocycles. The summed E-state index contributed by atoms with van der Waals surface area (Å²) in [4.78, 5) is 16.8. The molecule has 1 rings (SSSR count). The first kappa shape index (κ1) is 12.1. The largest absolute Gasteiger partial charge is 0.347 e. The van der Waals surface area contributed by atoms with Crippen molar-refractivity contribution < 1.29 is 4.79 Å². The zero-order valence-corrected chi connectivity index (χ0v) is 9.93. The molecule has 1 amide bonds. The number of carbonyl (C=O) groups excluding carboxylic acids is 1. The summed E-state index contributed by atoms with van der Waals surface area (Å²) in [6, 6.07) is -0.00558. The van der Waals surface area contributed by atoms with Gasteiger partial charge in [-0.3, -0.25) is 4.79 Å². The standard InChI is InChI=1S/C10H17N3OS/c1-7-6-12-10(15-7)8(2)13-9(14)4-3-5-11/h6,8H,3-5,11H2,1-2H3,(H,13,14). The third-order valence-corrected chi connectivity index (χ3v) is 3.09. The summed E-state index contributed by atoms with van der Waals surface area (Å²) in [6.07, 6.45) is 3.04. The van der Waals surface area contributed by atoms with Crippen molar-refractivity contribution in [2.75, 3.05) is 6.54 Å². The van der Waals surface area contributed by atoms with Crippen LogP contribution < -0.4 is 11.1 Å². The van der Waals surface area contributed by atoms with Crippen molar-refractivity contribution in [1.82, 2.24) is 10.3 Å². The van der Waals surface area contributed by atoms with Crippen LogP contribution in [0, 0.1) is 6.92 Å². The van der Waals surface area contributed by atoms with E-state index in [0.717, 1.165) is 16.3 Å². The number of hydrogen-bond donors (Lipinski definition) is 2. The number of nitrogens with one attached hydrogen (secondary N) is 1. The Morgan fingerprint density at radius 2 is 2.47 bits per heavy atom. The van der Waals surface area contributed by atoms with Gasteiger partial charge in [0.2, 0.25) is 5.91 Å². The van der Waals surface area contributed by atoms with E-state index < -0.39 is 0 Å². The monoisotopic (exact) mass is 227 g/mol. The summed E-state index contributed by atoms with van der Waals surface area (Å²) in [7, 11) is 0. The minimum absolute atomic E-state index is 0.00558. The molecule has 4 nitrogen and oxygen atoms in total. The lowest BCUT2D eigenvalue weighted by molar-refractivity contribution is -0.121. The topological polar surface area (TPSA) is 68.0 Å². The van der Waals surface area contributed by atoms with Crippen molar-refractivity contribution >= 4 is 17.2 Å². The lowest BCUT2D eigenvalue weighted by Crippen LogP contribution is -2.26. The summed E-state index contributed by atoms with van der Waals surface area (Å²) >= 11 is 1.61. The number of amides is 1. The Bertz CT molecular complexity index is 324. The number of nitrogens with two attached hydrogens (primary N) is 1. The maximum absolute atomic E-state index is 11.4. The molecule has 5 heteroatoms. The molecular formula is C10H17N3OS. The van der Waals surface area contributed by atoms with Crippen molar-refractivity contribution in [3.05, 3.63) is 16.1 Å². The minimum atomic E-state index is -0.00558. The molecule has 84 valence electrons. The predicted octanol–water partition coefficient (Wildman–Crippen LogP) is 1.37. The highest BCUT2D eigenvalue weighted by Gasteiger charge is 2.11. The van der Waals surface area contributed by atoms with Crippen molar-refractivity contribution in [2.45, 2.75) is 32.7 Å². The van der Waals surface area contributed by atoms with Gasteiger partial charge >= 0.3 is 0 Å². The maximum atomic E-state index is 11.4. The molecule has 0 radical (unpaired) electrons. The van der Waals surface area contributed by atoms with E-state index in [-0.39, 0.29) is 11.9 Å². The van der Waals surface area contributed by atoms with E-state index in [1.54, 1.807) is 11.3 Å². The predicted molar refractivity (Wildman–Crippen MR) is 61.7 cm³/mol. The average molecular weight is 227 g/mol. The van der Waals surface area contributed by atoms with Crippen molar-refractivity contribution in [3.8, 4) is 0 Å². The summed E-state index contributed by atoms with van der Waals surface area (Å²) < 4.78 is 0. The normalized spacial score (nSPS) is 12.5. The fourth-order valence-corrected chi connectivity index (χ4v) is 1.99. The molecule has 1 unspecified atom stereocenters. The Kier molecular flexibility index (Phi) is 4.71. The van der Waals surface area contributed by atoms with Crippen LogP contribution in [0.2, 0.25) is 0 Å². The lowest BCUT2D eigenvalue weighted by Gasteiger charge is -2.10. The van der Waals surface area contributed by atoms with Crippen LogP contribution in [0.3, 0.4) is 0 Å². The molecule has 3 N–H and O–H groups in total. The first-order valence-electron chi connectivity index (χ1n) is 5.05. The Balaban J connectivity index is 2.41. The highest BCUT2D eigenvalue weighted by molar-refractivity contribution is 7.11. The van der Waals surface area contributed by atoms with Crippen LogP contribution in [-0.4, -0.2) is 17.4 Å². The van der Waals surface area contributed by atoms with Crippen LogP contribution >= 0.6 is 11.3 Å². The number of carbonyl (C=O) groups is 1. The Morgan fingerprint density at radius 3 is 3.00 bits per heavy atom. The number of hydrogen-bond acceptors (Lipinski definition) is 4. The number of thiazole rings is 1. The lowest BCUT2D eigenvalue weighted by atomic mass is 10.2. The SMILES string of the molecule is Cc1cnc(C(C)NC(=O)CCCN)s1. The van der Waals surface area contributed by atoms with Crippen LogP contribution in [0.25, 0.3) is 0 Å². The third-order valence-electron chi connectivity index (χ3n) is 2.00. The van der Waals surface area contributed by atoms with Crippen LogP contribution in [0.1, 0.15) is 35.7 Å². The molecule has 0 bridgehead atoms. The van der Waals surface area contributed by atoms with Gasteiger partial charge in [0.1, 0.15) is 5.01 Å². The van der Waals surface area contributed by atoms with Gasteiger partial charge in [0, 0.05) is 17.5 Å². The summed E-state index contributed by atoms with van der Waals surface area (Å²) in [5, 5.41) is 3.85. The fourth-order valence-electron chi connectivity index (χ4n) is 1.21. The molecule has 0 fully saturated rings. The van der Waals surface area contributed by atoms with E-state index in [4.69, 9.17) is 5.73 Å². The van der Waals surface area contributed by atoms with E-state index in [9.17, 15) is 4.79 Å². The Morgan fingerprint density at radius 1 is 1.73 bits per heavy atom. The van der Waals surface area contributed by atoms with Gasteiger partial charge in [-0.25, -0.2) is 4.98 Å². The smallest absolute Gasteiger partial charge is 0.220 e. The van der Waals surface area contributed by atoms with E-state index in [1.807, 2.05) is 20.0 Å². The van der Waals surface area contributed by atoms with Crippen molar-refractivity contribution in [1.29, 1.82) is 0 Å². The van der Waals surface area contributed by atoms with Crippen molar-refractivity contribution in [3.63, 3.8) is 0 Å². The summed E-state index contributed by atoms with van der Waals surface area (Å²) in [6.45, 7) is 4.50. The maximum Gasteiger partial charge on any atom is 0.220 e. The molecule has 1 aromatic heterocycles. The second kappa shape index (κ2) is 5.82. The van der Waals surface area contributed by atoms with Gasteiger partial charge in [0.25, 0.3) is 0 Å². The first-order chi connectivity index (χ1) is 7.13. The molecule has 0 aromatic carbocycles. The quantitative estimate of drug-likeness (QED) is 0.798. The van der Waals surface area contributed by atoms with Gasteiger partial charge in [-0.1, -0.05) is 0 Å². The molecule has 0 aliphatic carbocycles. The molecule has 15 heavy (non-hydrogen) atoms. The van der Waals surface area contributed by atoms with Gasteiger partial charge in [-0.05, 0) is 26.8 Å². The van der Waals surface area contributed by atoms with Gasteiger partial charge in [-0.2, -0.15) is 0 Å². The molecule has 0 spiro atoms. The van der Waals surface area contributed by atoms with Gasteiger partial charge in [0.05, 0.1) is 6.04 Å².